The Morgan fingerprint density at radius 3 is 2.61 bits per heavy atom. The number of aryl methyl sites for hydroxylation is 1. The quantitative estimate of drug-likeness (QED) is 0.761. The van der Waals surface area contributed by atoms with Crippen molar-refractivity contribution in [3.05, 3.63) is 58.0 Å². The van der Waals surface area contributed by atoms with E-state index in [1.54, 1.807) is 23.9 Å². The summed E-state index contributed by atoms with van der Waals surface area (Å²) in [6.45, 7) is 5.18. The first kappa shape index (κ1) is 20.5. The van der Waals surface area contributed by atoms with Crippen LogP contribution >= 0.6 is 0 Å². The van der Waals surface area contributed by atoms with Crippen LogP contribution in [0.1, 0.15) is 31.4 Å². The second-order valence-corrected chi connectivity index (χ2v) is 7.62. The van der Waals surface area contributed by atoms with E-state index in [-0.39, 0.29) is 18.1 Å². The van der Waals surface area contributed by atoms with Gasteiger partial charge in [-0.05, 0) is 55.7 Å². The SMILES string of the molecule is CC(C)N(c1ccc2c(c1)CN(CCC(F)(F)F)CC2)c1cccn(C)c1=O. The number of hydrogen-bond acceptors (Lipinski definition) is 3. The van der Waals surface area contributed by atoms with Gasteiger partial charge in [-0.25, -0.2) is 0 Å². The number of fused-ring (bicyclic) bond motifs is 1. The third-order valence-corrected chi connectivity index (χ3v) is 5.15. The lowest BCUT2D eigenvalue weighted by atomic mass is 9.98. The fraction of sp³-hybridized carbons (Fsp3) is 0.476. The molecule has 4 nitrogen and oxygen atoms in total. The predicted octanol–water partition coefficient (Wildman–Crippen LogP) is 4.24. The number of rotatable bonds is 5. The monoisotopic (exact) mass is 393 g/mol. The third-order valence-electron chi connectivity index (χ3n) is 5.15. The first-order chi connectivity index (χ1) is 13.2. The molecular formula is C21H26F3N3O. The molecule has 1 aromatic carbocycles. The zero-order chi connectivity index (χ0) is 20.5. The molecule has 2 aromatic rings. The zero-order valence-electron chi connectivity index (χ0n) is 16.5. The topological polar surface area (TPSA) is 28.5 Å². The summed E-state index contributed by atoms with van der Waals surface area (Å²) >= 11 is 0. The molecule has 0 N–H and O–H groups in total. The van der Waals surface area contributed by atoms with Crippen molar-refractivity contribution < 1.29 is 13.2 Å². The predicted molar refractivity (Wildman–Crippen MR) is 105 cm³/mol. The third kappa shape index (κ3) is 4.58. The molecule has 0 saturated heterocycles. The summed E-state index contributed by atoms with van der Waals surface area (Å²) in [7, 11) is 1.72. The van der Waals surface area contributed by atoms with Gasteiger partial charge in [-0.3, -0.25) is 9.69 Å². The second kappa shape index (κ2) is 7.99. The first-order valence-electron chi connectivity index (χ1n) is 9.51. The number of alkyl halides is 3. The Morgan fingerprint density at radius 1 is 1.18 bits per heavy atom. The Morgan fingerprint density at radius 2 is 1.93 bits per heavy atom. The molecule has 0 amide bonds. The maximum absolute atomic E-state index is 12.6. The average molecular weight is 393 g/mol. The highest BCUT2D eigenvalue weighted by Gasteiger charge is 2.29. The number of pyridine rings is 1. The van der Waals surface area contributed by atoms with E-state index >= 15 is 0 Å². The molecule has 0 unspecified atom stereocenters. The molecule has 1 aromatic heterocycles. The summed E-state index contributed by atoms with van der Waals surface area (Å²) in [6.07, 6.45) is -2.47. The number of anilines is 2. The van der Waals surface area contributed by atoms with Crippen molar-refractivity contribution in [2.24, 2.45) is 7.05 Å². The molecule has 3 rings (SSSR count). The molecular weight excluding hydrogens is 367 g/mol. The Labute approximate surface area is 163 Å². The lowest BCUT2D eigenvalue weighted by molar-refractivity contribution is -0.138. The Bertz CT molecular complexity index is 889. The van der Waals surface area contributed by atoms with E-state index in [2.05, 4.69) is 0 Å². The molecule has 7 heteroatoms. The molecule has 152 valence electrons. The molecule has 1 aliphatic rings. The molecule has 1 aliphatic heterocycles. The lowest BCUT2D eigenvalue weighted by Crippen LogP contribution is -2.35. The van der Waals surface area contributed by atoms with Crippen molar-refractivity contribution >= 4 is 11.4 Å². The summed E-state index contributed by atoms with van der Waals surface area (Å²) in [5.74, 6) is 0. The van der Waals surface area contributed by atoms with E-state index in [1.807, 2.05) is 47.9 Å². The van der Waals surface area contributed by atoms with E-state index in [1.165, 1.54) is 0 Å². The summed E-state index contributed by atoms with van der Waals surface area (Å²) in [4.78, 5) is 16.4. The second-order valence-electron chi connectivity index (χ2n) is 7.62. The molecule has 0 radical (unpaired) electrons. The van der Waals surface area contributed by atoms with Crippen LogP contribution in [0.15, 0.2) is 41.3 Å². The molecule has 0 spiro atoms. The minimum atomic E-state index is -4.13. The molecule has 0 aliphatic carbocycles. The molecule has 0 fully saturated rings. The normalized spacial score (nSPS) is 15.0. The van der Waals surface area contributed by atoms with Gasteiger partial charge in [-0.2, -0.15) is 13.2 Å². The van der Waals surface area contributed by atoms with Crippen molar-refractivity contribution in [2.45, 2.75) is 45.5 Å². The molecule has 0 bridgehead atoms. The van der Waals surface area contributed by atoms with Crippen LogP contribution in [0.2, 0.25) is 0 Å². The smallest absolute Gasteiger partial charge is 0.334 e. The van der Waals surface area contributed by atoms with Crippen LogP contribution in [0.4, 0.5) is 24.5 Å². The van der Waals surface area contributed by atoms with Gasteiger partial charge in [-0.15, -0.1) is 0 Å². The highest BCUT2D eigenvalue weighted by Crippen LogP contribution is 2.30. The Kier molecular flexibility index (Phi) is 5.84. The fourth-order valence-corrected chi connectivity index (χ4v) is 3.71. The fourth-order valence-electron chi connectivity index (χ4n) is 3.71. The van der Waals surface area contributed by atoms with Gasteiger partial charge < -0.3 is 9.47 Å². The summed E-state index contributed by atoms with van der Waals surface area (Å²) in [5, 5.41) is 0. The van der Waals surface area contributed by atoms with Crippen molar-refractivity contribution in [2.75, 3.05) is 18.0 Å². The highest BCUT2D eigenvalue weighted by atomic mass is 19.4. The zero-order valence-corrected chi connectivity index (χ0v) is 16.5. The maximum atomic E-state index is 12.6. The number of benzene rings is 1. The average Bonchev–Trinajstić information content (AvgIpc) is 2.62. The molecule has 2 heterocycles. The molecule has 0 atom stereocenters. The minimum Gasteiger partial charge on any atom is -0.334 e. The summed E-state index contributed by atoms with van der Waals surface area (Å²) in [5.41, 5.74) is 3.58. The number of aromatic nitrogens is 1. The van der Waals surface area contributed by atoms with Crippen molar-refractivity contribution in [1.29, 1.82) is 0 Å². The van der Waals surface area contributed by atoms with Crippen LogP contribution in [0.5, 0.6) is 0 Å². The summed E-state index contributed by atoms with van der Waals surface area (Å²) < 4.78 is 39.2. The van der Waals surface area contributed by atoms with Gasteiger partial charge in [0.05, 0.1) is 6.42 Å². The van der Waals surface area contributed by atoms with Gasteiger partial charge in [-0.1, -0.05) is 6.07 Å². The van der Waals surface area contributed by atoms with Crippen LogP contribution in [0.25, 0.3) is 0 Å². The van der Waals surface area contributed by atoms with E-state index in [0.717, 1.165) is 23.2 Å². The van der Waals surface area contributed by atoms with Gasteiger partial charge in [0.1, 0.15) is 5.69 Å². The Hall–Kier alpha value is -2.28. The van der Waals surface area contributed by atoms with Gasteiger partial charge in [0.15, 0.2) is 0 Å². The first-order valence-corrected chi connectivity index (χ1v) is 9.51. The minimum absolute atomic E-state index is 0.0142. The van der Waals surface area contributed by atoms with Gasteiger partial charge in [0.2, 0.25) is 0 Å². The highest BCUT2D eigenvalue weighted by molar-refractivity contribution is 5.64. The van der Waals surface area contributed by atoms with E-state index in [9.17, 15) is 18.0 Å². The van der Waals surface area contributed by atoms with Gasteiger partial charge >= 0.3 is 6.18 Å². The molecule has 28 heavy (non-hydrogen) atoms. The van der Waals surface area contributed by atoms with E-state index in [0.29, 0.717) is 18.8 Å². The van der Waals surface area contributed by atoms with Crippen LogP contribution in [-0.2, 0) is 20.0 Å². The van der Waals surface area contributed by atoms with E-state index < -0.39 is 12.6 Å². The van der Waals surface area contributed by atoms with Gasteiger partial charge in [0.25, 0.3) is 5.56 Å². The largest absolute Gasteiger partial charge is 0.390 e. The van der Waals surface area contributed by atoms with Crippen molar-refractivity contribution in [3.8, 4) is 0 Å². The number of hydrogen-bond donors (Lipinski definition) is 0. The maximum Gasteiger partial charge on any atom is 0.390 e. The van der Waals surface area contributed by atoms with Crippen molar-refractivity contribution in [3.63, 3.8) is 0 Å². The van der Waals surface area contributed by atoms with Crippen molar-refractivity contribution in [1.82, 2.24) is 9.47 Å². The summed E-state index contributed by atoms with van der Waals surface area (Å²) in [6, 6.07) is 9.74. The van der Waals surface area contributed by atoms with Crippen LogP contribution in [0.3, 0.4) is 0 Å². The van der Waals surface area contributed by atoms with E-state index in [4.69, 9.17) is 0 Å². The lowest BCUT2D eigenvalue weighted by Gasteiger charge is -2.32. The standard InChI is InChI=1S/C21H26F3N3O/c1-15(2)27(19-5-4-10-25(3)20(19)28)18-7-6-16-8-11-26(14-17(16)13-18)12-9-21(22,23)24/h4-7,10,13,15H,8-9,11-12,14H2,1-3H3. The van der Waals surface area contributed by atoms with Crippen LogP contribution in [0, 0.1) is 0 Å². The molecule has 0 saturated carbocycles. The Balaban J connectivity index is 1.89. The number of halogens is 3. The number of nitrogens with zero attached hydrogens (tertiary/aromatic N) is 3. The van der Waals surface area contributed by atoms with Crippen LogP contribution < -0.4 is 10.5 Å². The van der Waals surface area contributed by atoms with Crippen LogP contribution in [-0.4, -0.2) is 34.8 Å². The van der Waals surface area contributed by atoms with Gasteiger partial charge in [0, 0.05) is 44.6 Å².